The Bertz CT molecular complexity index is 939. The summed E-state index contributed by atoms with van der Waals surface area (Å²) in [7, 11) is 1.54. The zero-order valence-corrected chi connectivity index (χ0v) is 18.9. The van der Waals surface area contributed by atoms with Crippen LogP contribution in [0.25, 0.3) is 5.69 Å². The van der Waals surface area contributed by atoms with Crippen molar-refractivity contribution < 1.29 is 33.4 Å². The number of aromatic nitrogens is 2. The fourth-order valence-corrected chi connectivity index (χ4v) is 4.34. The van der Waals surface area contributed by atoms with Crippen molar-refractivity contribution in [3.63, 3.8) is 0 Å². The van der Waals surface area contributed by atoms with Gasteiger partial charge in [0.2, 0.25) is 11.5 Å². The van der Waals surface area contributed by atoms with Crippen LogP contribution in [0.15, 0.2) is 28.8 Å². The second-order valence-corrected chi connectivity index (χ2v) is 8.42. The quantitative estimate of drug-likeness (QED) is 0.258. The number of carbonyl (C=O) groups excluding carboxylic acids is 2. The lowest BCUT2D eigenvalue weighted by Gasteiger charge is -2.32. The van der Waals surface area contributed by atoms with Gasteiger partial charge in [0.15, 0.2) is 5.95 Å². The Morgan fingerprint density at radius 3 is 2.61 bits per heavy atom. The Balaban J connectivity index is 1.58. The Morgan fingerprint density at radius 2 is 2.00 bits per heavy atom. The summed E-state index contributed by atoms with van der Waals surface area (Å²) in [4.78, 5) is 26.6. The Morgan fingerprint density at radius 1 is 1.32 bits per heavy atom. The molecule has 1 saturated heterocycles. The molecule has 0 radical (unpaired) electrons. The summed E-state index contributed by atoms with van der Waals surface area (Å²) in [5.41, 5.74) is 0.338. The lowest BCUT2D eigenvalue weighted by Crippen LogP contribution is -2.40. The van der Waals surface area contributed by atoms with E-state index in [0.29, 0.717) is 48.3 Å². The van der Waals surface area contributed by atoms with Gasteiger partial charge in [-0.2, -0.15) is 0 Å². The number of hydrogen-bond donors (Lipinski definition) is 0. The number of likely N-dealkylation sites (tertiary alicyclic amines) is 1. The van der Waals surface area contributed by atoms with Gasteiger partial charge in [0.05, 0.1) is 30.7 Å². The minimum absolute atomic E-state index is 0.0246. The lowest BCUT2D eigenvalue weighted by atomic mass is 9.97. The number of Topliss-reactive ketones (excluding diaryl/α,β-unsaturated/α-hetero) is 1. The Hall–Kier alpha value is -2.66. The molecule has 2 aromatic rings. The van der Waals surface area contributed by atoms with Gasteiger partial charge in [0.25, 0.3) is 0 Å². The number of carbonyl (C=O) groups is 2. The van der Waals surface area contributed by atoms with Crippen molar-refractivity contribution in [2.24, 2.45) is 5.92 Å². The van der Waals surface area contributed by atoms with E-state index in [4.69, 9.17) is 26.2 Å². The van der Waals surface area contributed by atoms with Crippen molar-refractivity contribution in [3.05, 3.63) is 30.0 Å². The van der Waals surface area contributed by atoms with Gasteiger partial charge in [-0.3, -0.25) is 9.59 Å². The van der Waals surface area contributed by atoms with Crippen LogP contribution in [0.2, 0.25) is 0 Å². The van der Waals surface area contributed by atoms with Gasteiger partial charge in [-0.25, -0.2) is 0 Å². The molecule has 166 valence electrons. The largest absolute Gasteiger partial charge is 0.539 e. The van der Waals surface area contributed by atoms with Gasteiger partial charge < -0.3 is 24.0 Å². The van der Waals surface area contributed by atoms with Crippen molar-refractivity contribution in [1.82, 2.24) is 10.2 Å². The van der Waals surface area contributed by atoms with Crippen LogP contribution in [0.1, 0.15) is 30.3 Å². The molecule has 0 saturated carbocycles. The summed E-state index contributed by atoms with van der Waals surface area (Å²) >= 11 is 6.62. The number of thiocarbonyl (C=S) groups is 1. The van der Waals surface area contributed by atoms with Crippen LogP contribution < -0.4 is 14.5 Å². The van der Waals surface area contributed by atoms with Crippen molar-refractivity contribution in [2.45, 2.75) is 19.8 Å². The molecule has 31 heavy (non-hydrogen) atoms. The van der Waals surface area contributed by atoms with E-state index in [1.165, 1.54) is 16.4 Å². The highest BCUT2D eigenvalue weighted by molar-refractivity contribution is 8.23. The number of benzene rings is 1. The van der Waals surface area contributed by atoms with Crippen molar-refractivity contribution in [1.29, 1.82) is 0 Å². The van der Waals surface area contributed by atoms with E-state index in [1.54, 1.807) is 38.3 Å². The maximum Gasteiger partial charge on any atom is 0.309 e. The van der Waals surface area contributed by atoms with E-state index in [9.17, 15) is 14.7 Å². The standard InChI is InChI=1S/C20H23N3O6S2/c1-3-28-18(25)13-8-10-22(11-9-13)20(30)31-12-16(24)17-19(26)29-21-23(17)14-4-6-15(27-2)7-5-14/h4-7,13H,3,8-12H2,1-2H3. The number of piperidine rings is 1. The highest BCUT2D eigenvalue weighted by atomic mass is 32.2. The maximum atomic E-state index is 12.7. The van der Waals surface area contributed by atoms with Crippen LogP contribution in [-0.4, -0.2) is 58.8 Å². The summed E-state index contributed by atoms with van der Waals surface area (Å²) in [6.07, 6.45) is 1.31. The molecule has 0 aliphatic carbocycles. The average Bonchev–Trinajstić information content (AvgIpc) is 3.19. The molecule has 2 heterocycles. The number of thioether (sulfide) groups is 1. The van der Waals surface area contributed by atoms with Crippen LogP contribution in [0, 0.1) is 5.92 Å². The molecule has 11 heteroatoms. The average molecular weight is 466 g/mol. The van der Waals surface area contributed by atoms with Crippen molar-refractivity contribution >= 4 is 40.1 Å². The minimum Gasteiger partial charge on any atom is -0.539 e. The highest BCUT2D eigenvalue weighted by Crippen LogP contribution is 2.23. The van der Waals surface area contributed by atoms with Crippen molar-refractivity contribution in [2.75, 3.05) is 32.6 Å². The monoisotopic (exact) mass is 465 g/mol. The zero-order valence-electron chi connectivity index (χ0n) is 17.2. The lowest BCUT2D eigenvalue weighted by molar-refractivity contribution is -0.672. The molecular formula is C20H23N3O6S2. The van der Waals surface area contributed by atoms with E-state index in [2.05, 4.69) is 5.27 Å². The molecule has 1 aromatic heterocycles. The van der Waals surface area contributed by atoms with Gasteiger partial charge >= 0.3 is 11.7 Å². The number of rotatable bonds is 7. The van der Waals surface area contributed by atoms with E-state index >= 15 is 0 Å². The first-order chi connectivity index (χ1) is 14.9. The molecule has 1 aliphatic heterocycles. The fourth-order valence-electron chi connectivity index (χ4n) is 3.22. The molecule has 3 rings (SSSR count). The normalized spacial score (nSPS) is 14.3. The molecule has 0 atom stereocenters. The number of nitrogens with zero attached hydrogens (tertiary/aromatic N) is 3. The first-order valence-corrected chi connectivity index (χ1v) is 11.2. The number of ketones is 1. The van der Waals surface area contributed by atoms with Crippen LogP contribution >= 0.6 is 24.0 Å². The molecule has 0 unspecified atom stereocenters. The third-order valence-corrected chi connectivity index (χ3v) is 6.41. The van der Waals surface area contributed by atoms with Gasteiger partial charge in [-0.15, -0.1) is 0 Å². The van der Waals surface area contributed by atoms with Crippen LogP contribution in [0.3, 0.4) is 0 Å². The molecule has 0 spiro atoms. The van der Waals surface area contributed by atoms with Crippen LogP contribution in [-0.2, 0) is 9.53 Å². The molecule has 0 N–H and O–H groups in total. The molecule has 1 fully saturated rings. The zero-order chi connectivity index (χ0) is 22.4. The van der Waals surface area contributed by atoms with E-state index in [0.717, 1.165) is 0 Å². The highest BCUT2D eigenvalue weighted by Gasteiger charge is 2.30. The number of hydrogen-bond acceptors (Lipinski definition) is 9. The molecule has 0 bridgehead atoms. The van der Waals surface area contributed by atoms with E-state index < -0.39 is 11.7 Å². The summed E-state index contributed by atoms with van der Waals surface area (Å²) < 4.78 is 16.6. The first-order valence-electron chi connectivity index (χ1n) is 9.79. The van der Waals surface area contributed by atoms with E-state index in [1.807, 2.05) is 4.90 Å². The summed E-state index contributed by atoms with van der Waals surface area (Å²) in [6.45, 7) is 3.40. The molecule has 0 amide bonds. The minimum atomic E-state index is -0.803. The first kappa shape index (κ1) is 23.0. The number of methoxy groups -OCH3 is 1. The van der Waals surface area contributed by atoms with Gasteiger partial charge in [-0.05, 0) is 36.6 Å². The predicted octanol–water partition coefficient (Wildman–Crippen LogP) is 1.51. The second kappa shape index (κ2) is 10.6. The summed E-state index contributed by atoms with van der Waals surface area (Å²) in [5, 5.41) is 15.8. The number of esters is 1. The van der Waals surface area contributed by atoms with E-state index in [-0.39, 0.29) is 23.3 Å². The second-order valence-electron chi connectivity index (χ2n) is 6.81. The SMILES string of the molecule is CCOC(=O)C1CCN(C(=S)SCC(=O)c2c([O-])on[n+]2-c2ccc(OC)cc2)CC1. The third-order valence-electron chi connectivity index (χ3n) is 4.89. The maximum absolute atomic E-state index is 12.7. The fraction of sp³-hybridized carbons (Fsp3) is 0.450. The molecular weight excluding hydrogens is 442 g/mol. The smallest absolute Gasteiger partial charge is 0.309 e. The molecule has 1 aliphatic rings. The van der Waals surface area contributed by atoms with Gasteiger partial charge in [0.1, 0.15) is 10.1 Å². The van der Waals surface area contributed by atoms with Gasteiger partial charge in [0, 0.05) is 25.2 Å². The Kier molecular flexibility index (Phi) is 7.85. The predicted molar refractivity (Wildman–Crippen MR) is 114 cm³/mol. The molecule has 9 nitrogen and oxygen atoms in total. The van der Waals surface area contributed by atoms with Crippen LogP contribution in [0.5, 0.6) is 11.7 Å². The van der Waals surface area contributed by atoms with Crippen LogP contribution in [0.4, 0.5) is 0 Å². The topological polar surface area (TPSA) is 109 Å². The summed E-state index contributed by atoms with van der Waals surface area (Å²) in [5.74, 6) is -0.916. The van der Waals surface area contributed by atoms with Crippen molar-refractivity contribution in [3.8, 4) is 17.4 Å². The summed E-state index contributed by atoms with van der Waals surface area (Å²) in [6, 6.07) is 6.73. The van der Waals surface area contributed by atoms with Gasteiger partial charge in [-0.1, -0.05) is 24.0 Å². The third kappa shape index (κ3) is 5.53. The Labute approximate surface area is 189 Å². The number of ether oxygens (including phenoxy) is 2. The molecule has 1 aromatic carbocycles.